The molecule has 2 saturated carbocycles. The van der Waals surface area contributed by atoms with E-state index >= 15 is 0 Å². The molecule has 1 aromatic heterocycles. The molecule has 0 aromatic carbocycles. The molecular formula is C23H35N3O3S. The molecule has 3 heterocycles. The van der Waals surface area contributed by atoms with Gasteiger partial charge >= 0.3 is 0 Å². The van der Waals surface area contributed by atoms with Crippen LogP contribution in [-0.4, -0.2) is 69.8 Å². The first-order chi connectivity index (χ1) is 14.7. The summed E-state index contributed by atoms with van der Waals surface area (Å²) < 4.78 is 12.1. The average Bonchev–Trinajstić information content (AvgIpc) is 3.35. The van der Waals surface area contributed by atoms with Gasteiger partial charge in [0.1, 0.15) is 17.5 Å². The van der Waals surface area contributed by atoms with Crippen LogP contribution in [0, 0.1) is 5.92 Å². The largest absolute Gasteiger partial charge is 0.474 e. The smallest absolute Gasteiger partial charge is 0.221 e. The molecule has 2 aliphatic carbocycles. The second-order valence-corrected chi connectivity index (χ2v) is 10.6. The molecule has 0 amide bonds. The van der Waals surface area contributed by atoms with E-state index < -0.39 is 0 Å². The zero-order valence-corrected chi connectivity index (χ0v) is 18.9. The van der Waals surface area contributed by atoms with E-state index in [0.29, 0.717) is 23.1 Å². The van der Waals surface area contributed by atoms with E-state index in [1.165, 1.54) is 31.2 Å². The zero-order chi connectivity index (χ0) is 20.5. The van der Waals surface area contributed by atoms with Crippen LogP contribution in [0.1, 0.15) is 69.8 Å². The number of ether oxygens (including phenoxy) is 2. The van der Waals surface area contributed by atoms with Gasteiger partial charge in [-0.2, -0.15) is 0 Å². The first kappa shape index (κ1) is 21.0. The van der Waals surface area contributed by atoms with Crippen LogP contribution < -0.4 is 4.74 Å². The molecule has 5 rings (SSSR count). The number of fused-ring (bicyclic) bond motifs is 3. The summed E-state index contributed by atoms with van der Waals surface area (Å²) in [6.07, 6.45) is 10.4. The molecule has 30 heavy (non-hydrogen) atoms. The van der Waals surface area contributed by atoms with E-state index in [-0.39, 0.29) is 12.2 Å². The minimum absolute atomic E-state index is 0.202. The van der Waals surface area contributed by atoms with Crippen LogP contribution in [0.3, 0.4) is 0 Å². The molecular weight excluding hydrogens is 398 g/mol. The summed E-state index contributed by atoms with van der Waals surface area (Å²) in [5, 5.41) is 12.0. The fourth-order valence-corrected chi connectivity index (χ4v) is 7.49. The van der Waals surface area contributed by atoms with E-state index in [0.717, 1.165) is 62.9 Å². The summed E-state index contributed by atoms with van der Waals surface area (Å²) in [7, 11) is 0. The Balaban J connectivity index is 1.25. The number of aliphatic hydroxyl groups is 1. The quantitative estimate of drug-likeness (QED) is 0.687. The normalized spacial score (nSPS) is 35.1. The van der Waals surface area contributed by atoms with Gasteiger partial charge in [-0.3, -0.25) is 4.90 Å². The molecule has 7 heteroatoms. The number of hydrogen-bond donors (Lipinski definition) is 1. The van der Waals surface area contributed by atoms with Gasteiger partial charge in [0.25, 0.3) is 0 Å². The summed E-state index contributed by atoms with van der Waals surface area (Å²) in [6, 6.07) is 0.680. The van der Waals surface area contributed by atoms with Crippen molar-refractivity contribution >= 4 is 11.8 Å². The molecule has 0 bridgehead atoms. The summed E-state index contributed by atoms with van der Waals surface area (Å²) >= 11 is 1.91. The summed E-state index contributed by atoms with van der Waals surface area (Å²) in [6.45, 7) is 5.95. The maximum atomic E-state index is 10.3. The maximum Gasteiger partial charge on any atom is 0.221 e. The molecule has 4 atom stereocenters. The van der Waals surface area contributed by atoms with Gasteiger partial charge in [-0.05, 0) is 57.3 Å². The number of aliphatic hydroxyl groups excluding tert-OH is 1. The fourth-order valence-electron chi connectivity index (χ4n) is 5.98. The third-order valence-electron chi connectivity index (χ3n) is 7.67. The van der Waals surface area contributed by atoms with Crippen molar-refractivity contribution in [2.75, 3.05) is 26.3 Å². The molecule has 1 aromatic rings. The predicted octanol–water partition coefficient (Wildman–Crippen LogP) is 3.63. The monoisotopic (exact) mass is 433 g/mol. The van der Waals surface area contributed by atoms with E-state index in [1.807, 2.05) is 11.8 Å². The van der Waals surface area contributed by atoms with Gasteiger partial charge in [-0.15, -0.1) is 11.8 Å². The molecule has 166 valence electrons. The molecule has 1 saturated heterocycles. The van der Waals surface area contributed by atoms with E-state index in [4.69, 9.17) is 9.47 Å². The zero-order valence-electron chi connectivity index (χ0n) is 18.0. The maximum absolute atomic E-state index is 10.3. The Morgan fingerprint density at radius 2 is 1.97 bits per heavy atom. The SMILES string of the molecule is CC[C@H](O)C[C@H]1CCC2Sc3ncnc(OC4CCC(N5CCOCC5)CC4)c3C21. The van der Waals surface area contributed by atoms with E-state index in [2.05, 4.69) is 21.8 Å². The van der Waals surface area contributed by atoms with Crippen molar-refractivity contribution in [3.8, 4) is 5.88 Å². The number of morpholine rings is 1. The Morgan fingerprint density at radius 3 is 2.73 bits per heavy atom. The van der Waals surface area contributed by atoms with Crippen molar-refractivity contribution in [3.63, 3.8) is 0 Å². The second kappa shape index (κ2) is 9.31. The van der Waals surface area contributed by atoms with Gasteiger partial charge in [-0.25, -0.2) is 9.97 Å². The highest BCUT2D eigenvalue weighted by atomic mass is 32.2. The lowest BCUT2D eigenvalue weighted by Crippen LogP contribution is -2.46. The van der Waals surface area contributed by atoms with Crippen LogP contribution in [0.4, 0.5) is 0 Å². The Hall–Kier alpha value is -0.890. The molecule has 2 unspecified atom stereocenters. The highest BCUT2D eigenvalue weighted by Crippen LogP contribution is 2.58. The highest BCUT2D eigenvalue weighted by molar-refractivity contribution is 8.00. The minimum atomic E-state index is -0.202. The van der Waals surface area contributed by atoms with Gasteiger partial charge in [0.05, 0.1) is 24.9 Å². The van der Waals surface area contributed by atoms with Crippen LogP contribution in [0.5, 0.6) is 5.88 Å². The second-order valence-electron chi connectivity index (χ2n) is 9.41. The standard InChI is InChI=1S/C23H35N3O3S/c1-2-17(27)13-15-3-8-19-20(15)21-22(24-14-25-23(21)30-19)29-18-6-4-16(5-7-18)26-9-11-28-12-10-26/h14-20,27H,2-13H2,1H3/t15-,16?,17+,18?,19?,20?/m1/s1. The Bertz CT molecular complexity index is 722. The Morgan fingerprint density at radius 1 is 1.17 bits per heavy atom. The van der Waals surface area contributed by atoms with Gasteiger partial charge < -0.3 is 14.6 Å². The Labute approximate surface area is 184 Å². The van der Waals surface area contributed by atoms with Gasteiger partial charge in [0, 0.05) is 30.3 Å². The van der Waals surface area contributed by atoms with Crippen molar-refractivity contribution in [1.29, 1.82) is 0 Å². The average molecular weight is 434 g/mol. The summed E-state index contributed by atoms with van der Waals surface area (Å²) in [5.74, 6) is 1.78. The van der Waals surface area contributed by atoms with E-state index in [9.17, 15) is 5.11 Å². The van der Waals surface area contributed by atoms with Crippen LogP contribution in [0.15, 0.2) is 11.4 Å². The summed E-state index contributed by atoms with van der Waals surface area (Å²) in [4.78, 5) is 11.8. The van der Waals surface area contributed by atoms with Crippen LogP contribution in [0.25, 0.3) is 0 Å². The number of aromatic nitrogens is 2. The fraction of sp³-hybridized carbons (Fsp3) is 0.826. The van der Waals surface area contributed by atoms with Gasteiger partial charge in [-0.1, -0.05) is 6.92 Å². The lowest BCUT2D eigenvalue weighted by molar-refractivity contribution is -0.00156. The molecule has 0 spiro atoms. The van der Waals surface area contributed by atoms with Crippen molar-refractivity contribution in [2.45, 2.75) is 92.7 Å². The van der Waals surface area contributed by atoms with Crippen molar-refractivity contribution in [3.05, 3.63) is 11.9 Å². The van der Waals surface area contributed by atoms with Crippen LogP contribution in [-0.2, 0) is 4.74 Å². The van der Waals surface area contributed by atoms with Crippen molar-refractivity contribution in [2.24, 2.45) is 5.92 Å². The topological polar surface area (TPSA) is 67.7 Å². The van der Waals surface area contributed by atoms with E-state index in [1.54, 1.807) is 6.33 Å². The number of nitrogens with zero attached hydrogens (tertiary/aromatic N) is 3. The van der Waals surface area contributed by atoms with Crippen molar-refractivity contribution < 1.29 is 14.6 Å². The number of thioether (sulfide) groups is 1. The lowest BCUT2D eigenvalue weighted by Gasteiger charge is -2.38. The van der Waals surface area contributed by atoms with Crippen molar-refractivity contribution in [1.82, 2.24) is 14.9 Å². The molecule has 3 fully saturated rings. The summed E-state index contributed by atoms with van der Waals surface area (Å²) in [5.41, 5.74) is 1.24. The first-order valence-electron chi connectivity index (χ1n) is 11.9. The van der Waals surface area contributed by atoms with Gasteiger partial charge in [0.2, 0.25) is 5.88 Å². The Kier molecular flexibility index (Phi) is 6.51. The molecule has 4 aliphatic rings. The number of hydrogen-bond acceptors (Lipinski definition) is 7. The number of rotatable bonds is 6. The molecule has 2 aliphatic heterocycles. The predicted molar refractivity (Wildman–Crippen MR) is 117 cm³/mol. The molecule has 6 nitrogen and oxygen atoms in total. The highest BCUT2D eigenvalue weighted by Gasteiger charge is 2.47. The van der Waals surface area contributed by atoms with Gasteiger partial charge in [0.15, 0.2) is 0 Å². The van der Waals surface area contributed by atoms with Crippen LogP contribution in [0.2, 0.25) is 0 Å². The minimum Gasteiger partial charge on any atom is -0.474 e. The third-order valence-corrected chi connectivity index (χ3v) is 9.05. The molecule has 0 radical (unpaired) electrons. The molecule has 1 N–H and O–H groups in total. The van der Waals surface area contributed by atoms with Crippen LogP contribution >= 0.6 is 11.8 Å². The third kappa shape index (κ3) is 4.23. The first-order valence-corrected chi connectivity index (χ1v) is 12.8. The lowest BCUT2D eigenvalue weighted by atomic mass is 9.85.